The van der Waals surface area contributed by atoms with Crippen molar-refractivity contribution >= 4 is 11.6 Å². The Labute approximate surface area is 149 Å². The fourth-order valence-corrected chi connectivity index (χ4v) is 3.69. The van der Waals surface area contributed by atoms with E-state index < -0.39 is 30.3 Å². The van der Waals surface area contributed by atoms with Gasteiger partial charge in [0.15, 0.2) is 6.61 Å². The first kappa shape index (κ1) is 18.7. The summed E-state index contributed by atoms with van der Waals surface area (Å²) in [6.45, 7) is 3.06. The number of fused-ring (bicyclic) bond motifs is 1. The molecule has 1 N–H and O–H groups in total. The summed E-state index contributed by atoms with van der Waals surface area (Å²) in [7, 11) is 0. The van der Waals surface area contributed by atoms with Crippen LogP contribution in [0, 0.1) is 19.8 Å². The third-order valence-electron chi connectivity index (χ3n) is 4.83. The van der Waals surface area contributed by atoms with E-state index in [4.69, 9.17) is 4.74 Å². The number of nitrogens with zero attached hydrogens (tertiary/aromatic N) is 2. The summed E-state index contributed by atoms with van der Waals surface area (Å²) < 4.78 is 46.3. The molecule has 1 amide bonds. The quantitative estimate of drug-likeness (QED) is 0.888. The first-order chi connectivity index (χ1) is 12.1. The molecule has 2 atom stereocenters. The van der Waals surface area contributed by atoms with Crippen LogP contribution in [0.4, 0.5) is 13.2 Å². The van der Waals surface area contributed by atoms with Gasteiger partial charge in [-0.1, -0.05) is 12.5 Å². The third-order valence-corrected chi connectivity index (χ3v) is 4.83. The lowest BCUT2D eigenvalue weighted by Gasteiger charge is -2.38. The normalized spacial score (nSPS) is 25.7. The topological polar surface area (TPSA) is 62.1 Å². The summed E-state index contributed by atoms with van der Waals surface area (Å²) in [5.41, 5.74) is -1.25. The van der Waals surface area contributed by atoms with Crippen LogP contribution in [0.2, 0.25) is 0 Å². The van der Waals surface area contributed by atoms with Gasteiger partial charge in [-0.05, 0) is 56.4 Å². The minimum atomic E-state index is -5.00. The Morgan fingerprint density at radius 3 is 2.58 bits per heavy atom. The second kappa shape index (κ2) is 6.57. The molecule has 0 spiro atoms. The van der Waals surface area contributed by atoms with Crippen molar-refractivity contribution in [3.05, 3.63) is 29.3 Å². The number of hydrogen-bond acceptors (Lipinski definition) is 4. The molecule has 1 aromatic rings. The number of carbonyl (C=O) groups excluding carboxylic acids is 1. The van der Waals surface area contributed by atoms with Crippen molar-refractivity contribution in [3.63, 3.8) is 0 Å². The highest BCUT2D eigenvalue weighted by Crippen LogP contribution is 2.48. The molecular formula is C18H21F3N2O3. The number of amides is 1. The molecule has 1 aliphatic heterocycles. The monoisotopic (exact) mass is 370 g/mol. The zero-order valence-corrected chi connectivity index (χ0v) is 14.6. The van der Waals surface area contributed by atoms with Gasteiger partial charge in [-0.3, -0.25) is 4.79 Å². The molecule has 26 heavy (non-hydrogen) atoms. The molecule has 1 saturated carbocycles. The van der Waals surface area contributed by atoms with E-state index in [1.165, 1.54) is 0 Å². The molecule has 3 rings (SSSR count). The van der Waals surface area contributed by atoms with Gasteiger partial charge in [-0.25, -0.2) is 0 Å². The number of ether oxygens (including phenoxy) is 1. The van der Waals surface area contributed by atoms with Crippen molar-refractivity contribution in [2.24, 2.45) is 11.0 Å². The molecule has 0 saturated heterocycles. The third kappa shape index (κ3) is 3.18. The van der Waals surface area contributed by atoms with Gasteiger partial charge in [-0.2, -0.15) is 23.3 Å². The number of rotatable bonds is 3. The van der Waals surface area contributed by atoms with Crippen LogP contribution < -0.4 is 4.74 Å². The fraction of sp³-hybridized carbons (Fsp3) is 0.556. The van der Waals surface area contributed by atoms with E-state index in [-0.39, 0.29) is 17.1 Å². The summed E-state index contributed by atoms with van der Waals surface area (Å²) in [6.07, 6.45) is -3.25. The minimum Gasteiger partial charge on any atom is -0.484 e. The van der Waals surface area contributed by atoms with Crippen LogP contribution in [0.5, 0.6) is 5.75 Å². The SMILES string of the molecule is Cc1cc(C)cc(OCC(=O)N2N=C3CCCC[C@@H]3[C@]2(O)C(F)(F)F)c1. The number of benzene rings is 1. The number of aliphatic hydroxyl groups is 1. The first-order valence-corrected chi connectivity index (χ1v) is 8.53. The highest BCUT2D eigenvalue weighted by molar-refractivity contribution is 5.93. The number of halogens is 3. The lowest BCUT2D eigenvalue weighted by molar-refractivity contribution is -0.317. The van der Waals surface area contributed by atoms with E-state index in [1.54, 1.807) is 12.1 Å². The van der Waals surface area contributed by atoms with Gasteiger partial charge in [0, 0.05) is 5.71 Å². The van der Waals surface area contributed by atoms with Gasteiger partial charge < -0.3 is 9.84 Å². The maximum absolute atomic E-state index is 13.6. The molecule has 2 aliphatic rings. The maximum atomic E-state index is 13.6. The number of hydrogen-bond donors (Lipinski definition) is 1. The molecule has 1 aliphatic carbocycles. The summed E-state index contributed by atoms with van der Waals surface area (Å²) in [5.74, 6) is -1.84. The molecule has 0 unspecified atom stereocenters. The summed E-state index contributed by atoms with van der Waals surface area (Å²) in [6, 6.07) is 5.28. The smallest absolute Gasteiger partial charge is 0.439 e. The lowest BCUT2D eigenvalue weighted by atomic mass is 9.80. The zero-order valence-electron chi connectivity index (χ0n) is 14.6. The Balaban J connectivity index is 1.81. The van der Waals surface area contributed by atoms with Crippen molar-refractivity contribution < 1.29 is 27.8 Å². The predicted octanol–water partition coefficient (Wildman–Crippen LogP) is 3.32. The highest BCUT2D eigenvalue weighted by atomic mass is 19.4. The van der Waals surface area contributed by atoms with Crippen LogP contribution in [0.25, 0.3) is 0 Å². The van der Waals surface area contributed by atoms with Crippen molar-refractivity contribution in [3.8, 4) is 5.75 Å². The van der Waals surface area contributed by atoms with Gasteiger partial charge in [0.1, 0.15) is 5.75 Å². The predicted molar refractivity (Wildman–Crippen MR) is 88.7 cm³/mol. The summed E-state index contributed by atoms with van der Waals surface area (Å²) >= 11 is 0. The van der Waals surface area contributed by atoms with E-state index in [0.717, 1.165) is 11.1 Å². The standard InChI is InChI=1S/C18H21F3N2O3/c1-11-7-12(2)9-13(8-11)26-10-16(24)23-17(25,18(19,20)21)14-5-3-4-6-15(14)22-23/h7-9,14,25H,3-6,10H2,1-2H3/t14-,17-/m0/s1. The summed E-state index contributed by atoms with van der Waals surface area (Å²) in [5, 5.41) is 14.5. The van der Waals surface area contributed by atoms with Crippen LogP contribution >= 0.6 is 0 Å². The van der Waals surface area contributed by atoms with Crippen molar-refractivity contribution in [2.45, 2.75) is 51.4 Å². The van der Waals surface area contributed by atoms with Gasteiger partial charge >= 0.3 is 6.18 Å². The van der Waals surface area contributed by atoms with Crippen LogP contribution in [-0.4, -0.2) is 40.2 Å². The second-order valence-corrected chi connectivity index (χ2v) is 6.93. The largest absolute Gasteiger partial charge is 0.484 e. The van der Waals surface area contributed by atoms with Gasteiger partial charge in [0.05, 0.1) is 5.92 Å². The number of aryl methyl sites for hydroxylation is 2. The molecule has 142 valence electrons. The average molecular weight is 370 g/mol. The van der Waals surface area contributed by atoms with Crippen molar-refractivity contribution in [1.82, 2.24) is 5.01 Å². The Kier molecular flexibility index (Phi) is 4.72. The van der Waals surface area contributed by atoms with Crippen LogP contribution in [0.15, 0.2) is 23.3 Å². The molecular weight excluding hydrogens is 349 g/mol. The molecule has 1 aromatic carbocycles. The van der Waals surface area contributed by atoms with E-state index in [2.05, 4.69) is 5.10 Å². The Morgan fingerprint density at radius 2 is 1.96 bits per heavy atom. The Hall–Kier alpha value is -2.09. The van der Waals surface area contributed by atoms with Crippen molar-refractivity contribution in [1.29, 1.82) is 0 Å². The van der Waals surface area contributed by atoms with Gasteiger partial charge in [0.2, 0.25) is 0 Å². The van der Waals surface area contributed by atoms with Crippen LogP contribution in [-0.2, 0) is 4.79 Å². The molecule has 0 aromatic heterocycles. The highest BCUT2D eigenvalue weighted by Gasteiger charge is 2.68. The molecule has 5 nitrogen and oxygen atoms in total. The molecule has 1 fully saturated rings. The molecule has 0 radical (unpaired) electrons. The van der Waals surface area contributed by atoms with E-state index in [9.17, 15) is 23.1 Å². The Morgan fingerprint density at radius 1 is 1.31 bits per heavy atom. The molecule has 1 heterocycles. The first-order valence-electron chi connectivity index (χ1n) is 8.53. The van der Waals surface area contributed by atoms with Crippen molar-refractivity contribution in [2.75, 3.05) is 6.61 Å². The van der Waals surface area contributed by atoms with Crippen LogP contribution in [0.3, 0.4) is 0 Å². The molecule has 8 heteroatoms. The van der Waals surface area contributed by atoms with E-state index in [0.29, 0.717) is 25.0 Å². The maximum Gasteiger partial charge on any atom is 0.439 e. The van der Waals surface area contributed by atoms with Gasteiger partial charge in [0.25, 0.3) is 11.6 Å². The average Bonchev–Trinajstić information content (AvgIpc) is 2.86. The summed E-state index contributed by atoms with van der Waals surface area (Å²) in [4.78, 5) is 12.4. The van der Waals surface area contributed by atoms with Crippen LogP contribution in [0.1, 0.15) is 36.8 Å². The number of alkyl halides is 3. The minimum absolute atomic E-state index is 0.149. The zero-order chi connectivity index (χ0) is 19.1. The fourth-order valence-electron chi connectivity index (χ4n) is 3.69. The lowest BCUT2D eigenvalue weighted by Crippen LogP contribution is -2.62. The van der Waals surface area contributed by atoms with E-state index in [1.807, 2.05) is 19.9 Å². The molecule has 0 bridgehead atoms. The van der Waals surface area contributed by atoms with Gasteiger partial charge in [-0.15, -0.1) is 0 Å². The number of carbonyl (C=O) groups is 1. The van der Waals surface area contributed by atoms with E-state index >= 15 is 0 Å². The Bertz CT molecular complexity index is 727. The number of hydrazone groups is 1. The second-order valence-electron chi connectivity index (χ2n) is 6.93.